The number of H-pyrrole nitrogens is 1. The van der Waals surface area contributed by atoms with Gasteiger partial charge < -0.3 is 15.6 Å². The normalized spacial score (nSPS) is 10.7. The molecule has 2 heterocycles. The lowest BCUT2D eigenvalue weighted by Gasteiger charge is -2.13. The number of nitrogens with two attached hydrogens (primary N) is 1. The van der Waals surface area contributed by atoms with Gasteiger partial charge in [0.15, 0.2) is 5.82 Å². The number of aromatic nitrogens is 4. The zero-order valence-corrected chi connectivity index (χ0v) is 12.9. The number of aromatic amines is 1. The third-order valence-corrected chi connectivity index (χ3v) is 3.41. The van der Waals surface area contributed by atoms with Crippen molar-refractivity contribution in [2.24, 2.45) is 0 Å². The topological polar surface area (TPSA) is 132 Å². The van der Waals surface area contributed by atoms with Crippen LogP contribution in [0.2, 0.25) is 0 Å². The lowest BCUT2D eigenvalue weighted by molar-refractivity contribution is 0.379. The van der Waals surface area contributed by atoms with E-state index < -0.39 is 11.2 Å². The van der Waals surface area contributed by atoms with Crippen LogP contribution in [0.15, 0.2) is 44.4 Å². The molecule has 2 aromatic heterocycles. The van der Waals surface area contributed by atoms with Crippen LogP contribution in [-0.2, 0) is 13.1 Å². The van der Waals surface area contributed by atoms with Gasteiger partial charge in [0.1, 0.15) is 11.5 Å². The molecule has 0 spiro atoms. The van der Waals surface area contributed by atoms with Crippen molar-refractivity contribution in [2.75, 3.05) is 11.1 Å². The first kappa shape index (κ1) is 15.5. The molecule has 0 unspecified atom stereocenters. The monoisotopic (exact) mass is 328 g/mol. The van der Waals surface area contributed by atoms with Gasteiger partial charge in [-0.3, -0.25) is 14.3 Å². The maximum absolute atomic E-state index is 12.1. The van der Waals surface area contributed by atoms with E-state index in [2.05, 4.69) is 20.4 Å². The fourth-order valence-electron chi connectivity index (χ4n) is 2.26. The van der Waals surface area contributed by atoms with Crippen LogP contribution >= 0.6 is 0 Å². The second-order valence-corrected chi connectivity index (χ2v) is 5.18. The molecule has 3 rings (SSSR count). The van der Waals surface area contributed by atoms with Gasteiger partial charge in [0.25, 0.3) is 5.56 Å². The number of anilines is 2. The van der Waals surface area contributed by atoms with Gasteiger partial charge in [-0.05, 0) is 12.5 Å². The molecule has 3 aromatic rings. The Morgan fingerprint density at radius 2 is 2.04 bits per heavy atom. The molecular formula is C15H16N6O3. The Morgan fingerprint density at radius 3 is 2.71 bits per heavy atom. The standard InChI is InChI=1S/C15H16N6O3/c1-9-18-11(24-20-9)7-17-12-13(16)21(15(23)19-14(12)22)8-10-5-3-2-4-6-10/h2-6,17H,7-8,16H2,1H3,(H,19,22,23). The Hall–Kier alpha value is -3.36. The summed E-state index contributed by atoms with van der Waals surface area (Å²) in [7, 11) is 0. The van der Waals surface area contributed by atoms with Gasteiger partial charge in [-0.1, -0.05) is 35.5 Å². The van der Waals surface area contributed by atoms with Crippen molar-refractivity contribution < 1.29 is 4.52 Å². The van der Waals surface area contributed by atoms with Crippen molar-refractivity contribution in [1.29, 1.82) is 0 Å². The molecule has 124 valence electrons. The minimum atomic E-state index is -0.599. The number of hydrogen-bond acceptors (Lipinski definition) is 7. The molecule has 0 atom stereocenters. The van der Waals surface area contributed by atoms with Crippen LogP contribution in [0.1, 0.15) is 17.3 Å². The average Bonchev–Trinajstić information content (AvgIpc) is 2.97. The summed E-state index contributed by atoms with van der Waals surface area (Å²) < 4.78 is 6.26. The summed E-state index contributed by atoms with van der Waals surface area (Å²) in [6.07, 6.45) is 0. The van der Waals surface area contributed by atoms with Crippen molar-refractivity contribution in [3.8, 4) is 0 Å². The number of hydrogen-bond donors (Lipinski definition) is 3. The van der Waals surface area contributed by atoms with Crippen LogP contribution in [0.4, 0.5) is 11.5 Å². The second kappa shape index (κ2) is 6.41. The van der Waals surface area contributed by atoms with Gasteiger partial charge in [-0.2, -0.15) is 4.98 Å². The zero-order valence-electron chi connectivity index (χ0n) is 12.9. The van der Waals surface area contributed by atoms with Crippen molar-refractivity contribution in [1.82, 2.24) is 19.7 Å². The van der Waals surface area contributed by atoms with E-state index in [4.69, 9.17) is 10.3 Å². The Morgan fingerprint density at radius 1 is 1.29 bits per heavy atom. The summed E-state index contributed by atoms with van der Waals surface area (Å²) in [4.78, 5) is 30.4. The highest BCUT2D eigenvalue weighted by Crippen LogP contribution is 2.13. The van der Waals surface area contributed by atoms with E-state index in [0.29, 0.717) is 11.7 Å². The second-order valence-electron chi connectivity index (χ2n) is 5.18. The summed E-state index contributed by atoms with van der Waals surface area (Å²) >= 11 is 0. The lowest BCUT2D eigenvalue weighted by Crippen LogP contribution is -2.34. The molecule has 0 saturated heterocycles. The molecule has 0 fully saturated rings. The van der Waals surface area contributed by atoms with Crippen LogP contribution < -0.4 is 22.3 Å². The van der Waals surface area contributed by atoms with Crippen molar-refractivity contribution in [3.05, 3.63) is 68.4 Å². The van der Waals surface area contributed by atoms with Crippen molar-refractivity contribution in [2.45, 2.75) is 20.0 Å². The maximum atomic E-state index is 12.1. The number of nitrogens with one attached hydrogen (secondary N) is 2. The molecule has 0 radical (unpaired) electrons. The van der Waals surface area contributed by atoms with E-state index in [1.54, 1.807) is 6.92 Å². The SMILES string of the molecule is Cc1noc(CNc2c(N)n(Cc3ccccc3)c(=O)[nH]c2=O)n1. The van der Waals surface area contributed by atoms with Crippen molar-refractivity contribution >= 4 is 11.5 Å². The zero-order chi connectivity index (χ0) is 17.1. The highest BCUT2D eigenvalue weighted by Gasteiger charge is 2.13. The fourth-order valence-corrected chi connectivity index (χ4v) is 2.26. The Labute approximate surface area is 136 Å². The molecule has 0 bridgehead atoms. The third kappa shape index (κ3) is 3.19. The number of nitrogens with zero attached hydrogens (tertiary/aromatic N) is 3. The first-order chi connectivity index (χ1) is 11.5. The molecule has 4 N–H and O–H groups in total. The lowest BCUT2D eigenvalue weighted by atomic mass is 10.2. The van der Waals surface area contributed by atoms with Gasteiger partial charge in [-0.15, -0.1) is 0 Å². The summed E-state index contributed by atoms with van der Waals surface area (Å²) in [5.74, 6) is 0.846. The van der Waals surface area contributed by atoms with Crippen LogP contribution in [0.25, 0.3) is 0 Å². The summed E-state index contributed by atoms with van der Waals surface area (Å²) in [5.41, 5.74) is 5.82. The summed E-state index contributed by atoms with van der Waals surface area (Å²) in [6.45, 7) is 2.06. The Balaban J connectivity index is 1.90. The van der Waals surface area contributed by atoms with Gasteiger partial charge >= 0.3 is 5.69 Å². The van der Waals surface area contributed by atoms with Gasteiger partial charge in [0.2, 0.25) is 5.89 Å². The number of aryl methyl sites for hydroxylation is 1. The largest absolute Gasteiger partial charge is 0.383 e. The molecule has 0 saturated carbocycles. The predicted molar refractivity (Wildman–Crippen MR) is 87.6 cm³/mol. The predicted octanol–water partition coefficient (Wildman–Crippen LogP) is 0.471. The average molecular weight is 328 g/mol. The molecule has 24 heavy (non-hydrogen) atoms. The molecule has 1 aromatic carbocycles. The highest BCUT2D eigenvalue weighted by atomic mass is 16.5. The van der Waals surface area contributed by atoms with Gasteiger partial charge in [0.05, 0.1) is 13.1 Å². The van der Waals surface area contributed by atoms with E-state index in [0.717, 1.165) is 5.56 Å². The van der Waals surface area contributed by atoms with E-state index in [9.17, 15) is 9.59 Å². The number of nitrogen functional groups attached to an aromatic ring is 1. The molecule has 0 amide bonds. The fraction of sp³-hybridized carbons (Fsp3) is 0.200. The Bertz CT molecular complexity index is 957. The van der Waals surface area contributed by atoms with Crippen molar-refractivity contribution in [3.63, 3.8) is 0 Å². The first-order valence-corrected chi connectivity index (χ1v) is 7.24. The Kier molecular flexibility index (Phi) is 4.15. The summed E-state index contributed by atoms with van der Waals surface area (Å²) in [6, 6.07) is 9.33. The quantitative estimate of drug-likeness (QED) is 0.620. The van der Waals surface area contributed by atoms with Crippen LogP contribution in [0.5, 0.6) is 0 Å². The van der Waals surface area contributed by atoms with Crippen LogP contribution in [-0.4, -0.2) is 19.7 Å². The maximum Gasteiger partial charge on any atom is 0.330 e. The van der Waals surface area contributed by atoms with Crippen LogP contribution in [0.3, 0.4) is 0 Å². The molecule has 9 nitrogen and oxygen atoms in total. The molecule has 9 heteroatoms. The number of rotatable bonds is 5. The molecule has 0 aliphatic heterocycles. The minimum Gasteiger partial charge on any atom is -0.383 e. The first-order valence-electron chi connectivity index (χ1n) is 7.24. The van der Waals surface area contributed by atoms with E-state index in [1.165, 1.54) is 4.57 Å². The van der Waals surface area contributed by atoms with E-state index >= 15 is 0 Å². The van der Waals surface area contributed by atoms with Crippen LogP contribution in [0, 0.1) is 6.92 Å². The number of benzene rings is 1. The van der Waals surface area contributed by atoms with Gasteiger partial charge in [0, 0.05) is 0 Å². The smallest absolute Gasteiger partial charge is 0.330 e. The van der Waals surface area contributed by atoms with E-state index in [-0.39, 0.29) is 24.6 Å². The molecule has 0 aliphatic rings. The highest BCUT2D eigenvalue weighted by molar-refractivity contribution is 5.60. The minimum absolute atomic E-state index is 0.0452. The molecular weight excluding hydrogens is 312 g/mol. The summed E-state index contributed by atoms with van der Waals surface area (Å²) in [5, 5.41) is 6.50. The van der Waals surface area contributed by atoms with Gasteiger partial charge in [-0.25, -0.2) is 4.79 Å². The molecule has 0 aliphatic carbocycles. The van der Waals surface area contributed by atoms with E-state index in [1.807, 2.05) is 30.3 Å². The third-order valence-electron chi connectivity index (χ3n) is 3.41.